The van der Waals surface area contributed by atoms with E-state index in [9.17, 15) is 33.0 Å². The summed E-state index contributed by atoms with van der Waals surface area (Å²) in [6, 6.07) is 10.5. The second kappa shape index (κ2) is 15.1. The lowest BCUT2D eigenvalue weighted by Gasteiger charge is -2.27. The molecule has 45 heavy (non-hydrogen) atoms. The number of carbonyl (C=O) groups is 3. The molecule has 3 aromatic rings. The zero-order valence-electron chi connectivity index (χ0n) is 24.5. The van der Waals surface area contributed by atoms with Crippen molar-refractivity contribution in [3.05, 3.63) is 72.2 Å². The van der Waals surface area contributed by atoms with Gasteiger partial charge in [-0.05, 0) is 36.2 Å². The molecule has 1 unspecified atom stereocenters. The molecule has 0 aliphatic carbocycles. The van der Waals surface area contributed by atoms with Crippen molar-refractivity contribution >= 4 is 55.6 Å². The Balaban J connectivity index is 1.54. The second-order valence-corrected chi connectivity index (χ2v) is 13.4. The first-order valence-electron chi connectivity index (χ1n) is 14.4. The van der Waals surface area contributed by atoms with Crippen molar-refractivity contribution in [1.82, 2.24) is 14.5 Å². The van der Waals surface area contributed by atoms with Crippen molar-refractivity contribution in [2.75, 3.05) is 11.9 Å². The van der Waals surface area contributed by atoms with Gasteiger partial charge in [0.2, 0.25) is 5.91 Å². The SMILES string of the molecule is CCCCCC[C@H](C(=O)N1C[C@@H](Oc2ccc(C=C=O)cc2)C[C@H]1C(=O)O)n1cnc(NC(=O)c2ccccc2S(=O)(O)=S)c1. The number of ether oxygens (including phenoxy) is 1. The van der Waals surface area contributed by atoms with Crippen molar-refractivity contribution in [2.24, 2.45) is 0 Å². The number of unbranched alkanes of at least 4 members (excludes halogenated alkanes) is 3. The highest BCUT2D eigenvalue weighted by Crippen LogP contribution is 2.29. The molecule has 1 aliphatic rings. The lowest BCUT2D eigenvalue weighted by Crippen LogP contribution is -2.44. The largest absolute Gasteiger partial charge is 0.488 e. The Morgan fingerprint density at radius 3 is 2.58 bits per heavy atom. The topological polar surface area (TPSA) is 168 Å². The number of amides is 2. The van der Waals surface area contributed by atoms with Crippen LogP contribution in [-0.4, -0.2) is 70.7 Å². The lowest BCUT2D eigenvalue weighted by molar-refractivity contribution is -0.149. The number of anilines is 1. The van der Waals surface area contributed by atoms with E-state index in [1.807, 2.05) is 0 Å². The first-order chi connectivity index (χ1) is 21.5. The van der Waals surface area contributed by atoms with Crippen molar-refractivity contribution in [2.45, 2.75) is 68.5 Å². The van der Waals surface area contributed by atoms with Crippen LogP contribution in [0.25, 0.3) is 6.08 Å². The minimum atomic E-state index is -3.83. The normalized spacial score (nSPS) is 18.0. The predicted molar refractivity (Wildman–Crippen MR) is 170 cm³/mol. The summed E-state index contributed by atoms with van der Waals surface area (Å²) in [5, 5.41) is 12.6. The Hall–Kier alpha value is -4.36. The van der Waals surface area contributed by atoms with Crippen molar-refractivity contribution in [3.8, 4) is 5.75 Å². The van der Waals surface area contributed by atoms with Gasteiger partial charge in [0.1, 0.15) is 29.9 Å². The number of benzene rings is 2. The fourth-order valence-corrected chi connectivity index (χ4v) is 6.38. The molecular weight excluding hydrogens is 620 g/mol. The summed E-state index contributed by atoms with van der Waals surface area (Å²) < 4.78 is 29.5. The summed E-state index contributed by atoms with van der Waals surface area (Å²) in [5.74, 6) is 0.0185. The minimum Gasteiger partial charge on any atom is -0.488 e. The Morgan fingerprint density at radius 2 is 1.91 bits per heavy atom. The zero-order valence-corrected chi connectivity index (χ0v) is 26.2. The smallest absolute Gasteiger partial charge is 0.326 e. The molecular formula is C31H34N4O8S2. The van der Waals surface area contributed by atoms with Crippen LogP contribution in [0.3, 0.4) is 0 Å². The van der Waals surface area contributed by atoms with Gasteiger partial charge in [0.25, 0.3) is 5.91 Å². The standard InChI is InChI=1S/C31H34N4O8S2/c1-2-3-4-5-9-25(34-19-28(32-20-34)33-29(37)24-8-6-7-10-27(24)45(41,42)44)30(38)35-18-23(17-26(35)31(39)40)43-22-13-11-21(12-14-22)15-16-36/h6-8,10-15,19-20,23,25-26H,2-5,9,17-18H2,1H3,(H,33,37)(H,39,40)(H,41,42,44)/t23-,25+,26-/m0/s1. The average molecular weight is 655 g/mol. The van der Waals surface area contributed by atoms with Crippen LogP contribution >= 0.6 is 0 Å². The van der Waals surface area contributed by atoms with Crippen LogP contribution in [0.2, 0.25) is 0 Å². The Bertz CT molecular complexity index is 1680. The molecule has 12 nitrogen and oxygen atoms in total. The van der Waals surface area contributed by atoms with E-state index < -0.39 is 44.7 Å². The van der Waals surface area contributed by atoms with E-state index in [2.05, 4.69) is 28.4 Å². The van der Waals surface area contributed by atoms with Crippen LogP contribution < -0.4 is 10.1 Å². The first kappa shape index (κ1) is 33.5. The highest BCUT2D eigenvalue weighted by atomic mass is 32.8. The van der Waals surface area contributed by atoms with E-state index in [0.29, 0.717) is 24.2 Å². The van der Waals surface area contributed by atoms with E-state index in [4.69, 9.17) is 4.74 Å². The predicted octanol–water partition coefficient (Wildman–Crippen LogP) is 4.20. The molecule has 1 aromatic heterocycles. The average Bonchev–Trinajstić information content (AvgIpc) is 3.65. The fraction of sp³-hybridized carbons (Fsp3) is 0.355. The molecule has 4 rings (SSSR count). The summed E-state index contributed by atoms with van der Waals surface area (Å²) in [6.45, 7) is 2.12. The molecule has 2 amide bonds. The van der Waals surface area contributed by atoms with Crippen molar-refractivity contribution in [3.63, 3.8) is 0 Å². The van der Waals surface area contributed by atoms with Crippen LogP contribution in [-0.2, 0) is 34.3 Å². The van der Waals surface area contributed by atoms with Gasteiger partial charge in [-0.2, -0.15) is 0 Å². The number of imidazole rings is 1. The summed E-state index contributed by atoms with van der Waals surface area (Å²) >= 11 is 4.67. The third-order valence-electron chi connectivity index (χ3n) is 7.47. The molecule has 0 spiro atoms. The third-order valence-corrected chi connectivity index (χ3v) is 8.92. The number of aliphatic carboxylic acids is 1. The van der Waals surface area contributed by atoms with Gasteiger partial charge in [0.05, 0.1) is 23.3 Å². The number of nitrogens with one attached hydrogen (secondary N) is 1. The Labute approximate surface area is 265 Å². The van der Waals surface area contributed by atoms with Crippen LogP contribution in [0.4, 0.5) is 5.82 Å². The second-order valence-electron chi connectivity index (χ2n) is 10.6. The number of likely N-dealkylation sites (tertiary alicyclic amines) is 1. The number of hydrogen-bond donors (Lipinski definition) is 3. The zero-order chi connectivity index (χ0) is 32.6. The lowest BCUT2D eigenvalue weighted by atomic mass is 10.1. The molecule has 3 N–H and O–H groups in total. The maximum atomic E-state index is 14.0. The molecule has 4 atom stereocenters. The number of aromatic nitrogens is 2. The van der Waals surface area contributed by atoms with E-state index in [-0.39, 0.29) is 29.2 Å². The van der Waals surface area contributed by atoms with Gasteiger partial charge in [-0.25, -0.2) is 18.8 Å². The van der Waals surface area contributed by atoms with E-state index in [1.54, 1.807) is 34.8 Å². The van der Waals surface area contributed by atoms with Gasteiger partial charge in [-0.15, -0.1) is 0 Å². The minimum absolute atomic E-state index is 0.0494. The van der Waals surface area contributed by atoms with Gasteiger partial charge in [-0.3, -0.25) is 9.59 Å². The van der Waals surface area contributed by atoms with E-state index >= 15 is 0 Å². The fourth-order valence-electron chi connectivity index (χ4n) is 5.25. The summed E-state index contributed by atoms with van der Waals surface area (Å²) in [7, 11) is -3.83. The summed E-state index contributed by atoms with van der Waals surface area (Å²) in [4.78, 5) is 55.2. The third kappa shape index (κ3) is 8.64. The highest BCUT2D eigenvalue weighted by molar-refractivity contribution is 8.29. The molecule has 0 bridgehead atoms. The molecule has 1 aliphatic heterocycles. The number of carboxylic acids is 1. The molecule has 14 heteroatoms. The van der Waals surface area contributed by atoms with Gasteiger partial charge in [0, 0.05) is 29.9 Å². The van der Waals surface area contributed by atoms with Crippen molar-refractivity contribution < 1.29 is 37.8 Å². The monoisotopic (exact) mass is 654 g/mol. The summed E-state index contributed by atoms with van der Waals surface area (Å²) in [6.07, 6.45) is 7.60. The molecule has 2 aromatic carbocycles. The Morgan fingerprint density at radius 1 is 1.18 bits per heavy atom. The molecule has 0 radical (unpaired) electrons. The Kier molecular flexibility index (Phi) is 11.2. The van der Waals surface area contributed by atoms with Crippen LogP contribution in [0.15, 0.2) is 66.0 Å². The van der Waals surface area contributed by atoms with Gasteiger partial charge in [-0.1, -0.05) is 56.9 Å². The summed E-state index contributed by atoms with van der Waals surface area (Å²) in [5.41, 5.74) is 0.562. The molecule has 1 saturated heterocycles. The number of carboxylic acid groups (broad SMARTS) is 1. The maximum absolute atomic E-state index is 14.0. The number of carbonyl (C=O) groups excluding carboxylic acids is 3. The number of rotatable bonds is 14. The van der Waals surface area contributed by atoms with Crippen molar-refractivity contribution in [1.29, 1.82) is 0 Å². The van der Waals surface area contributed by atoms with Gasteiger partial charge >= 0.3 is 5.97 Å². The van der Waals surface area contributed by atoms with Crippen LogP contribution in [0, 0.1) is 0 Å². The molecule has 2 heterocycles. The molecule has 0 saturated carbocycles. The number of hydrogen-bond acceptors (Lipinski definition) is 8. The van der Waals surface area contributed by atoms with Crippen LogP contribution in [0.1, 0.15) is 67.4 Å². The van der Waals surface area contributed by atoms with E-state index in [0.717, 1.165) is 19.3 Å². The number of nitrogens with zero attached hydrogens (tertiary/aromatic N) is 3. The van der Waals surface area contributed by atoms with Gasteiger partial charge in [0.15, 0.2) is 14.6 Å². The van der Waals surface area contributed by atoms with Gasteiger partial charge < -0.3 is 29.2 Å². The van der Waals surface area contributed by atoms with Crippen LogP contribution in [0.5, 0.6) is 5.75 Å². The molecule has 238 valence electrons. The van der Waals surface area contributed by atoms with E-state index in [1.165, 1.54) is 47.8 Å². The molecule has 1 fully saturated rings. The first-order valence-corrected chi connectivity index (χ1v) is 16.9. The maximum Gasteiger partial charge on any atom is 0.326 e. The quantitative estimate of drug-likeness (QED) is 0.169. The highest BCUT2D eigenvalue weighted by Gasteiger charge is 2.43.